The van der Waals surface area contributed by atoms with Crippen molar-refractivity contribution in [2.24, 2.45) is 10.9 Å². The molecule has 5 nitrogen and oxygen atoms in total. The number of hydrogen-bond acceptors (Lipinski definition) is 5. The van der Waals surface area contributed by atoms with Gasteiger partial charge in [0.1, 0.15) is 12.5 Å². The van der Waals surface area contributed by atoms with E-state index >= 15 is 0 Å². The predicted molar refractivity (Wildman–Crippen MR) is 90.4 cm³/mol. The average molecular weight is 368 g/mol. The molecule has 0 aromatic heterocycles. The standard InChI is InChI=1S/C17H15Cl2NO4/c1-3-23-16(21)12-8(2)20-11-7-24-17(22)14(11)13(12)9-5-4-6-10(18)15(9)19/h4-6,12-13H,3,7H2,1-2H3. The second kappa shape index (κ2) is 6.57. The minimum Gasteiger partial charge on any atom is -0.465 e. The highest BCUT2D eigenvalue weighted by atomic mass is 35.5. The van der Waals surface area contributed by atoms with Crippen molar-refractivity contribution in [2.45, 2.75) is 19.8 Å². The Bertz CT molecular complexity index is 785. The van der Waals surface area contributed by atoms with Crippen molar-refractivity contribution in [1.29, 1.82) is 0 Å². The van der Waals surface area contributed by atoms with E-state index < -0.39 is 23.8 Å². The molecule has 0 N–H and O–H groups in total. The third-order valence-electron chi connectivity index (χ3n) is 4.13. The predicted octanol–water partition coefficient (Wildman–Crippen LogP) is 3.54. The summed E-state index contributed by atoms with van der Waals surface area (Å²) in [6.45, 7) is 3.79. The molecule has 2 heterocycles. The number of carbonyl (C=O) groups is 2. The number of benzene rings is 1. The molecular weight excluding hydrogens is 353 g/mol. The fourth-order valence-corrected chi connectivity index (χ4v) is 3.56. The second-order valence-corrected chi connectivity index (χ2v) is 6.33. The quantitative estimate of drug-likeness (QED) is 0.766. The lowest BCUT2D eigenvalue weighted by molar-refractivity contribution is -0.146. The first-order chi connectivity index (χ1) is 11.5. The summed E-state index contributed by atoms with van der Waals surface area (Å²) in [5, 5.41) is 0.658. The lowest BCUT2D eigenvalue weighted by atomic mass is 9.76. The first kappa shape index (κ1) is 17.0. The Hall–Kier alpha value is -1.85. The largest absolute Gasteiger partial charge is 0.465 e. The molecule has 0 aliphatic carbocycles. The lowest BCUT2D eigenvalue weighted by Gasteiger charge is -2.29. The van der Waals surface area contributed by atoms with Gasteiger partial charge < -0.3 is 9.47 Å². The van der Waals surface area contributed by atoms with Crippen molar-refractivity contribution in [3.05, 3.63) is 45.1 Å². The molecule has 3 rings (SSSR count). The van der Waals surface area contributed by atoms with Crippen molar-refractivity contribution in [3.8, 4) is 0 Å². The Morgan fingerprint density at radius 1 is 1.42 bits per heavy atom. The molecule has 1 aromatic rings. The highest BCUT2D eigenvalue weighted by Crippen LogP contribution is 2.45. The van der Waals surface area contributed by atoms with E-state index in [1.807, 2.05) is 0 Å². The van der Waals surface area contributed by atoms with Gasteiger partial charge in [-0.3, -0.25) is 9.79 Å². The van der Waals surface area contributed by atoms with Crippen molar-refractivity contribution in [3.63, 3.8) is 0 Å². The second-order valence-electron chi connectivity index (χ2n) is 5.54. The highest BCUT2D eigenvalue weighted by molar-refractivity contribution is 6.42. The molecule has 0 saturated carbocycles. The van der Waals surface area contributed by atoms with Crippen LogP contribution in [0.2, 0.25) is 10.0 Å². The Morgan fingerprint density at radius 2 is 2.17 bits per heavy atom. The number of hydrogen-bond donors (Lipinski definition) is 0. The summed E-state index contributed by atoms with van der Waals surface area (Å²) in [7, 11) is 0. The molecule has 2 aliphatic rings. The van der Waals surface area contributed by atoms with E-state index in [1.165, 1.54) is 0 Å². The van der Waals surface area contributed by atoms with E-state index in [0.717, 1.165) is 0 Å². The number of carbonyl (C=O) groups excluding carboxylic acids is 2. The molecule has 24 heavy (non-hydrogen) atoms. The molecule has 2 unspecified atom stereocenters. The number of ether oxygens (including phenoxy) is 2. The summed E-state index contributed by atoms with van der Waals surface area (Å²) in [4.78, 5) is 29.2. The number of aliphatic imine (C=N–C) groups is 1. The normalized spacial score (nSPS) is 22.8. The molecule has 0 bridgehead atoms. The maximum atomic E-state index is 12.5. The van der Waals surface area contributed by atoms with Gasteiger partial charge in [0.25, 0.3) is 0 Å². The van der Waals surface area contributed by atoms with Crippen molar-refractivity contribution >= 4 is 40.9 Å². The number of cyclic esters (lactones) is 1. The molecule has 0 saturated heterocycles. The summed E-state index contributed by atoms with van der Waals surface area (Å²) in [5.41, 5.74) is 2.02. The zero-order chi connectivity index (χ0) is 17.4. The third kappa shape index (κ3) is 2.72. The van der Waals surface area contributed by atoms with Gasteiger partial charge in [0, 0.05) is 11.6 Å². The van der Waals surface area contributed by atoms with Gasteiger partial charge in [-0.2, -0.15) is 0 Å². The Labute approximate surface area is 149 Å². The summed E-state index contributed by atoms with van der Waals surface area (Å²) in [6.07, 6.45) is 0. The molecule has 0 spiro atoms. The van der Waals surface area contributed by atoms with Gasteiger partial charge >= 0.3 is 11.9 Å². The van der Waals surface area contributed by atoms with Crippen LogP contribution in [0.3, 0.4) is 0 Å². The van der Waals surface area contributed by atoms with Crippen LogP contribution in [0.4, 0.5) is 0 Å². The number of halogens is 2. The molecule has 7 heteroatoms. The summed E-state index contributed by atoms with van der Waals surface area (Å²) in [5.74, 6) is -2.31. The van der Waals surface area contributed by atoms with E-state index in [1.54, 1.807) is 32.0 Å². The van der Waals surface area contributed by atoms with E-state index in [-0.39, 0.29) is 13.2 Å². The summed E-state index contributed by atoms with van der Waals surface area (Å²) in [6, 6.07) is 5.13. The van der Waals surface area contributed by atoms with Gasteiger partial charge in [-0.15, -0.1) is 0 Å². The van der Waals surface area contributed by atoms with Crippen LogP contribution in [0.25, 0.3) is 0 Å². The van der Waals surface area contributed by atoms with Crippen LogP contribution in [0.15, 0.2) is 34.5 Å². The summed E-state index contributed by atoms with van der Waals surface area (Å²) < 4.78 is 10.3. The molecule has 0 fully saturated rings. The molecule has 2 aliphatic heterocycles. The van der Waals surface area contributed by atoms with Gasteiger partial charge in [0.15, 0.2) is 0 Å². The molecular formula is C17H15Cl2NO4. The van der Waals surface area contributed by atoms with Crippen LogP contribution >= 0.6 is 23.2 Å². The van der Waals surface area contributed by atoms with E-state index in [0.29, 0.717) is 32.6 Å². The van der Waals surface area contributed by atoms with E-state index in [9.17, 15) is 9.59 Å². The van der Waals surface area contributed by atoms with E-state index in [4.69, 9.17) is 32.7 Å². The zero-order valence-electron chi connectivity index (χ0n) is 13.1. The Balaban J connectivity index is 2.19. The Kier molecular flexibility index (Phi) is 4.65. The molecule has 0 radical (unpaired) electrons. The smallest absolute Gasteiger partial charge is 0.337 e. The van der Waals surface area contributed by atoms with Crippen molar-refractivity contribution < 1.29 is 19.1 Å². The maximum absolute atomic E-state index is 12.5. The van der Waals surface area contributed by atoms with Crippen LogP contribution < -0.4 is 0 Å². The van der Waals surface area contributed by atoms with Crippen molar-refractivity contribution in [2.75, 3.05) is 13.2 Å². The molecule has 0 amide bonds. The lowest BCUT2D eigenvalue weighted by Crippen LogP contribution is -2.35. The fourth-order valence-electron chi connectivity index (χ4n) is 3.13. The number of esters is 2. The average Bonchev–Trinajstić information content (AvgIpc) is 2.90. The third-order valence-corrected chi connectivity index (χ3v) is 4.97. The molecule has 2 atom stereocenters. The van der Waals surface area contributed by atoms with Crippen LogP contribution in [0.1, 0.15) is 25.3 Å². The van der Waals surface area contributed by atoms with Crippen LogP contribution in [0, 0.1) is 5.92 Å². The monoisotopic (exact) mass is 367 g/mol. The first-order valence-corrected chi connectivity index (χ1v) is 8.27. The van der Waals surface area contributed by atoms with Crippen LogP contribution in [-0.2, 0) is 19.1 Å². The SMILES string of the molecule is CCOC(=O)C1C(C)=NC2=C(C(=O)OC2)C1c1cccc(Cl)c1Cl. The highest BCUT2D eigenvalue weighted by Gasteiger charge is 2.46. The Morgan fingerprint density at radius 3 is 2.88 bits per heavy atom. The van der Waals surface area contributed by atoms with Crippen LogP contribution in [-0.4, -0.2) is 30.9 Å². The number of rotatable bonds is 3. The van der Waals surface area contributed by atoms with Gasteiger partial charge in [-0.05, 0) is 25.5 Å². The number of nitrogens with zero attached hydrogens (tertiary/aromatic N) is 1. The maximum Gasteiger partial charge on any atom is 0.337 e. The minimum atomic E-state index is -0.745. The topological polar surface area (TPSA) is 65.0 Å². The van der Waals surface area contributed by atoms with Gasteiger partial charge in [0.05, 0.1) is 27.9 Å². The van der Waals surface area contributed by atoms with Gasteiger partial charge in [0.2, 0.25) is 0 Å². The van der Waals surface area contributed by atoms with Crippen LogP contribution in [0.5, 0.6) is 0 Å². The first-order valence-electron chi connectivity index (χ1n) is 7.51. The summed E-state index contributed by atoms with van der Waals surface area (Å²) >= 11 is 12.5. The van der Waals surface area contributed by atoms with Crippen molar-refractivity contribution in [1.82, 2.24) is 0 Å². The molecule has 1 aromatic carbocycles. The minimum absolute atomic E-state index is 0.0930. The molecule has 126 valence electrons. The van der Waals surface area contributed by atoms with E-state index in [2.05, 4.69) is 4.99 Å². The fraction of sp³-hybridized carbons (Fsp3) is 0.353. The van der Waals surface area contributed by atoms with Gasteiger partial charge in [-0.25, -0.2) is 4.79 Å². The zero-order valence-corrected chi connectivity index (χ0v) is 14.6. The van der Waals surface area contributed by atoms with Gasteiger partial charge in [-0.1, -0.05) is 35.3 Å².